The molecular formula is C11H20N2O4S. The van der Waals surface area contributed by atoms with Gasteiger partial charge in [-0.2, -0.15) is 11.8 Å². The molecule has 0 saturated carbocycles. The molecule has 0 heterocycles. The lowest BCUT2D eigenvalue weighted by Gasteiger charge is -2.12. The molecule has 4 N–H and O–H groups in total. The molecule has 7 heteroatoms. The minimum atomic E-state index is -0.823. The number of carbonyl (C=O) groups excluding carboxylic acids is 2. The van der Waals surface area contributed by atoms with E-state index in [0.29, 0.717) is 25.0 Å². The molecule has 0 aliphatic heterocycles. The molecule has 0 radical (unpaired) electrons. The molecule has 0 aromatic heterocycles. The maximum absolute atomic E-state index is 11.4. The molecule has 0 aliphatic rings. The zero-order chi connectivity index (χ0) is 14.0. The smallest absolute Gasteiger partial charge is 0.303 e. The third-order valence-corrected chi connectivity index (χ3v) is 3.13. The molecular weight excluding hydrogens is 256 g/mol. The SMILES string of the molecule is CC(CCCC(=O)O)NC(=O)CCSCC(N)=O. The van der Waals surface area contributed by atoms with E-state index < -0.39 is 5.97 Å². The summed E-state index contributed by atoms with van der Waals surface area (Å²) in [5.41, 5.74) is 4.96. The van der Waals surface area contributed by atoms with Crippen LogP contribution < -0.4 is 11.1 Å². The molecule has 0 rings (SSSR count). The maximum Gasteiger partial charge on any atom is 0.303 e. The van der Waals surface area contributed by atoms with E-state index in [0.717, 1.165) is 0 Å². The first-order valence-electron chi connectivity index (χ1n) is 5.79. The van der Waals surface area contributed by atoms with Crippen LogP contribution in [0.5, 0.6) is 0 Å². The van der Waals surface area contributed by atoms with E-state index in [4.69, 9.17) is 10.8 Å². The summed E-state index contributed by atoms with van der Waals surface area (Å²) >= 11 is 1.33. The molecule has 0 aromatic carbocycles. The van der Waals surface area contributed by atoms with Gasteiger partial charge in [-0.15, -0.1) is 0 Å². The second-order valence-corrected chi connectivity index (χ2v) is 5.13. The minimum Gasteiger partial charge on any atom is -0.481 e. The number of nitrogens with one attached hydrogen (secondary N) is 1. The molecule has 1 unspecified atom stereocenters. The fraction of sp³-hybridized carbons (Fsp3) is 0.727. The standard InChI is InChI=1S/C11H20N2O4S/c1-8(3-2-4-11(16)17)13-10(15)5-6-18-7-9(12)14/h8H,2-7H2,1H3,(H2,12,14)(H,13,15)(H,16,17). The summed E-state index contributed by atoms with van der Waals surface area (Å²) in [7, 11) is 0. The monoisotopic (exact) mass is 276 g/mol. The highest BCUT2D eigenvalue weighted by Crippen LogP contribution is 2.03. The van der Waals surface area contributed by atoms with Gasteiger partial charge in [0.1, 0.15) is 0 Å². The zero-order valence-electron chi connectivity index (χ0n) is 10.5. The number of thioether (sulfide) groups is 1. The number of rotatable bonds is 10. The molecule has 1 atom stereocenters. The molecule has 6 nitrogen and oxygen atoms in total. The van der Waals surface area contributed by atoms with Crippen molar-refractivity contribution in [3.05, 3.63) is 0 Å². The van der Waals surface area contributed by atoms with Crippen molar-refractivity contribution in [2.24, 2.45) is 5.73 Å². The van der Waals surface area contributed by atoms with Crippen LogP contribution in [-0.2, 0) is 14.4 Å². The van der Waals surface area contributed by atoms with Gasteiger partial charge in [-0.05, 0) is 19.8 Å². The number of carboxylic acids is 1. The normalized spacial score (nSPS) is 11.8. The molecule has 0 fully saturated rings. The minimum absolute atomic E-state index is 0.0296. The van der Waals surface area contributed by atoms with Crippen molar-refractivity contribution in [1.82, 2.24) is 5.32 Å². The van der Waals surface area contributed by atoms with Gasteiger partial charge in [-0.25, -0.2) is 0 Å². The third kappa shape index (κ3) is 11.3. The first kappa shape index (κ1) is 16.8. The van der Waals surface area contributed by atoms with Crippen molar-refractivity contribution in [3.8, 4) is 0 Å². The Morgan fingerprint density at radius 3 is 2.56 bits per heavy atom. The van der Waals surface area contributed by atoms with E-state index in [1.165, 1.54) is 11.8 Å². The number of primary amides is 1. The Labute approximate surface area is 111 Å². The van der Waals surface area contributed by atoms with E-state index in [1.807, 2.05) is 6.92 Å². The number of hydrogen-bond acceptors (Lipinski definition) is 4. The Kier molecular flexibility index (Phi) is 9.08. The Balaban J connectivity index is 3.54. The lowest BCUT2D eigenvalue weighted by molar-refractivity contribution is -0.137. The maximum atomic E-state index is 11.4. The molecule has 0 aliphatic carbocycles. The van der Waals surface area contributed by atoms with Crippen LogP contribution in [-0.4, -0.2) is 40.4 Å². The van der Waals surface area contributed by atoms with Gasteiger partial charge in [-0.3, -0.25) is 14.4 Å². The summed E-state index contributed by atoms with van der Waals surface area (Å²) in [6, 6.07) is -0.0296. The predicted molar refractivity (Wildman–Crippen MR) is 70.2 cm³/mol. The summed E-state index contributed by atoms with van der Waals surface area (Å²) in [4.78, 5) is 32.2. The van der Waals surface area contributed by atoms with Crippen molar-refractivity contribution >= 4 is 29.5 Å². The molecule has 2 amide bonds. The van der Waals surface area contributed by atoms with Gasteiger partial charge in [0.05, 0.1) is 5.75 Å². The van der Waals surface area contributed by atoms with E-state index in [-0.39, 0.29) is 30.0 Å². The van der Waals surface area contributed by atoms with Gasteiger partial charge in [0, 0.05) is 24.6 Å². The number of carbonyl (C=O) groups is 3. The van der Waals surface area contributed by atoms with Crippen LogP contribution in [0.15, 0.2) is 0 Å². The second kappa shape index (κ2) is 9.76. The second-order valence-electron chi connectivity index (χ2n) is 4.02. The van der Waals surface area contributed by atoms with Crippen LogP contribution in [0.4, 0.5) is 0 Å². The molecule has 104 valence electrons. The van der Waals surface area contributed by atoms with E-state index in [2.05, 4.69) is 5.32 Å². The van der Waals surface area contributed by atoms with E-state index >= 15 is 0 Å². The van der Waals surface area contributed by atoms with Crippen LogP contribution in [0, 0.1) is 0 Å². The Bertz CT molecular complexity index is 297. The van der Waals surface area contributed by atoms with Gasteiger partial charge in [0.15, 0.2) is 0 Å². The van der Waals surface area contributed by atoms with Gasteiger partial charge in [0.25, 0.3) is 0 Å². The number of carboxylic acid groups (broad SMARTS) is 1. The highest BCUT2D eigenvalue weighted by Gasteiger charge is 2.08. The number of nitrogens with two attached hydrogens (primary N) is 1. The van der Waals surface area contributed by atoms with Crippen molar-refractivity contribution in [2.75, 3.05) is 11.5 Å². The van der Waals surface area contributed by atoms with Crippen LogP contribution >= 0.6 is 11.8 Å². The Morgan fingerprint density at radius 1 is 1.33 bits per heavy atom. The van der Waals surface area contributed by atoms with Crippen molar-refractivity contribution in [1.29, 1.82) is 0 Å². The average Bonchev–Trinajstić information content (AvgIpc) is 2.23. The first-order chi connectivity index (χ1) is 8.41. The van der Waals surface area contributed by atoms with Gasteiger partial charge in [-0.1, -0.05) is 0 Å². The van der Waals surface area contributed by atoms with Crippen molar-refractivity contribution in [3.63, 3.8) is 0 Å². The number of hydrogen-bond donors (Lipinski definition) is 3. The van der Waals surface area contributed by atoms with Crippen LogP contribution in [0.25, 0.3) is 0 Å². The molecule has 0 bridgehead atoms. The quantitative estimate of drug-likeness (QED) is 0.499. The number of amides is 2. The van der Waals surface area contributed by atoms with Crippen molar-refractivity contribution < 1.29 is 19.5 Å². The van der Waals surface area contributed by atoms with Crippen molar-refractivity contribution in [2.45, 2.75) is 38.6 Å². The summed E-state index contributed by atoms with van der Waals surface area (Å²) in [5, 5.41) is 11.2. The number of aliphatic carboxylic acids is 1. The summed E-state index contributed by atoms with van der Waals surface area (Å²) < 4.78 is 0. The summed E-state index contributed by atoms with van der Waals surface area (Å²) in [6.45, 7) is 1.84. The van der Waals surface area contributed by atoms with E-state index in [1.54, 1.807) is 0 Å². The molecule has 0 spiro atoms. The average molecular weight is 276 g/mol. The third-order valence-electron chi connectivity index (χ3n) is 2.15. The Hall–Kier alpha value is -1.24. The van der Waals surface area contributed by atoms with E-state index in [9.17, 15) is 14.4 Å². The fourth-order valence-corrected chi connectivity index (χ4v) is 1.99. The van der Waals surface area contributed by atoms with Crippen LogP contribution in [0.1, 0.15) is 32.6 Å². The molecule has 18 heavy (non-hydrogen) atoms. The van der Waals surface area contributed by atoms with Gasteiger partial charge >= 0.3 is 5.97 Å². The van der Waals surface area contributed by atoms with Crippen LogP contribution in [0.3, 0.4) is 0 Å². The van der Waals surface area contributed by atoms with Crippen LogP contribution in [0.2, 0.25) is 0 Å². The topological polar surface area (TPSA) is 109 Å². The summed E-state index contributed by atoms with van der Waals surface area (Å²) in [6.07, 6.45) is 1.65. The highest BCUT2D eigenvalue weighted by molar-refractivity contribution is 7.99. The fourth-order valence-electron chi connectivity index (χ4n) is 1.32. The lowest BCUT2D eigenvalue weighted by Crippen LogP contribution is -2.32. The summed E-state index contributed by atoms with van der Waals surface area (Å²) in [5.74, 6) is -0.522. The lowest BCUT2D eigenvalue weighted by atomic mass is 10.1. The zero-order valence-corrected chi connectivity index (χ0v) is 11.3. The Morgan fingerprint density at radius 2 is 2.00 bits per heavy atom. The predicted octanol–water partition coefficient (Wildman–Crippen LogP) is 0.355. The van der Waals surface area contributed by atoms with Gasteiger partial charge < -0.3 is 16.2 Å². The highest BCUT2D eigenvalue weighted by atomic mass is 32.2. The molecule has 0 aromatic rings. The van der Waals surface area contributed by atoms with Gasteiger partial charge in [0.2, 0.25) is 11.8 Å². The molecule has 0 saturated heterocycles. The first-order valence-corrected chi connectivity index (χ1v) is 6.94. The largest absolute Gasteiger partial charge is 0.481 e.